The summed E-state index contributed by atoms with van der Waals surface area (Å²) in [6.45, 7) is 4.82. The van der Waals surface area contributed by atoms with Crippen LogP contribution in [-0.2, 0) is 9.59 Å². The molecule has 2 N–H and O–H groups in total. The summed E-state index contributed by atoms with van der Waals surface area (Å²) in [7, 11) is 1.51. The highest BCUT2D eigenvalue weighted by Gasteiger charge is 2.11. The van der Waals surface area contributed by atoms with E-state index in [-0.39, 0.29) is 6.42 Å². The number of methoxy groups -OCH3 is 1. The van der Waals surface area contributed by atoms with E-state index in [9.17, 15) is 9.59 Å². The molecule has 0 saturated carbocycles. The number of hydrogen-bond donors (Lipinski definition) is 2. The van der Waals surface area contributed by atoms with Crippen molar-refractivity contribution in [2.45, 2.75) is 20.3 Å². The van der Waals surface area contributed by atoms with Crippen LogP contribution < -0.4 is 20.2 Å². The summed E-state index contributed by atoms with van der Waals surface area (Å²) >= 11 is 0. The summed E-state index contributed by atoms with van der Waals surface area (Å²) in [6, 6.07) is 14.3. The minimum absolute atomic E-state index is 0.350. The third-order valence-corrected chi connectivity index (χ3v) is 3.57. The van der Waals surface area contributed by atoms with E-state index in [1.165, 1.54) is 13.3 Å². The fraction of sp³-hybridized carbons (Fsp3) is 0.286. The van der Waals surface area contributed by atoms with E-state index in [2.05, 4.69) is 29.7 Å². The Morgan fingerprint density at radius 3 is 2.46 bits per heavy atom. The second-order valence-corrected chi connectivity index (χ2v) is 6.49. The van der Waals surface area contributed by atoms with Crippen LogP contribution in [0.1, 0.15) is 25.8 Å². The maximum atomic E-state index is 12.0. The molecule has 0 unspecified atom stereocenters. The third-order valence-electron chi connectivity index (χ3n) is 3.57. The summed E-state index contributed by atoms with van der Waals surface area (Å²) in [5.74, 6) is 0.791. The SMILES string of the molecule is COc1ccccc1NC(=O)CC(=O)NN=Cc1ccc(OCC(C)C)cc1. The Hall–Kier alpha value is -3.35. The number of hydrogen-bond acceptors (Lipinski definition) is 5. The largest absolute Gasteiger partial charge is 0.495 e. The van der Waals surface area contributed by atoms with Crippen LogP contribution in [0.15, 0.2) is 53.6 Å². The van der Waals surface area contributed by atoms with Crippen molar-refractivity contribution >= 4 is 23.7 Å². The lowest BCUT2D eigenvalue weighted by Crippen LogP contribution is -2.24. The molecular weight excluding hydrogens is 358 g/mol. The van der Waals surface area contributed by atoms with Crippen LogP contribution in [0.2, 0.25) is 0 Å². The van der Waals surface area contributed by atoms with Crippen LogP contribution in [0.25, 0.3) is 0 Å². The minimum Gasteiger partial charge on any atom is -0.495 e. The monoisotopic (exact) mass is 383 g/mol. The van der Waals surface area contributed by atoms with E-state index < -0.39 is 11.8 Å². The Balaban J connectivity index is 1.79. The number of amides is 2. The standard InChI is InChI=1S/C21H25N3O4/c1-15(2)14-28-17-10-8-16(9-11-17)13-22-24-21(26)12-20(25)23-18-6-4-5-7-19(18)27-3/h4-11,13,15H,12,14H2,1-3H3,(H,23,25)(H,24,26). The molecule has 148 valence electrons. The molecule has 0 saturated heterocycles. The van der Waals surface area contributed by atoms with E-state index in [1.54, 1.807) is 24.3 Å². The Kier molecular flexibility index (Phi) is 8.02. The van der Waals surface area contributed by atoms with Crippen LogP contribution in [0.3, 0.4) is 0 Å². The maximum Gasteiger partial charge on any atom is 0.249 e. The van der Waals surface area contributed by atoms with E-state index in [0.29, 0.717) is 24.0 Å². The molecule has 0 atom stereocenters. The van der Waals surface area contributed by atoms with Crippen LogP contribution in [-0.4, -0.2) is 31.7 Å². The van der Waals surface area contributed by atoms with Gasteiger partial charge in [-0.05, 0) is 47.9 Å². The molecule has 7 nitrogen and oxygen atoms in total. The summed E-state index contributed by atoms with van der Waals surface area (Å²) < 4.78 is 10.8. The van der Waals surface area contributed by atoms with Gasteiger partial charge in [0.25, 0.3) is 0 Å². The topological polar surface area (TPSA) is 89.0 Å². The number of carbonyl (C=O) groups is 2. The molecule has 0 aromatic heterocycles. The smallest absolute Gasteiger partial charge is 0.249 e. The average molecular weight is 383 g/mol. The zero-order valence-electron chi connectivity index (χ0n) is 16.3. The second kappa shape index (κ2) is 10.7. The highest BCUT2D eigenvalue weighted by atomic mass is 16.5. The lowest BCUT2D eigenvalue weighted by Gasteiger charge is -2.09. The van der Waals surface area contributed by atoms with Gasteiger partial charge >= 0.3 is 0 Å². The molecule has 0 aliphatic rings. The van der Waals surface area contributed by atoms with Crippen molar-refractivity contribution < 1.29 is 19.1 Å². The fourth-order valence-corrected chi connectivity index (χ4v) is 2.22. The third kappa shape index (κ3) is 7.11. The molecule has 0 bridgehead atoms. The number of carbonyl (C=O) groups excluding carboxylic acids is 2. The van der Waals surface area contributed by atoms with Gasteiger partial charge in [0.15, 0.2) is 0 Å². The molecular formula is C21H25N3O4. The summed E-state index contributed by atoms with van der Waals surface area (Å²) in [5, 5.41) is 6.51. The molecule has 0 aliphatic heterocycles. The van der Waals surface area contributed by atoms with Crippen LogP contribution in [0, 0.1) is 5.92 Å². The van der Waals surface area contributed by atoms with Crippen LogP contribution >= 0.6 is 0 Å². The van der Waals surface area contributed by atoms with Crippen LogP contribution in [0.5, 0.6) is 11.5 Å². The van der Waals surface area contributed by atoms with E-state index in [1.807, 2.05) is 24.3 Å². The zero-order valence-corrected chi connectivity index (χ0v) is 16.3. The van der Waals surface area contributed by atoms with Crippen molar-refractivity contribution in [2.24, 2.45) is 11.0 Å². The van der Waals surface area contributed by atoms with Gasteiger partial charge < -0.3 is 14.8 Å². The van der Waals surface area contributed by atoms with Crippen molar-refractivity contribution in [3.8, 4) is 11.5 Å². The van der Waals surface area contributed by atoms with Gasteiger partial charge in [-0.1, -0.05) is 26.0 Å². The highest BCUT2D eigenvalue weighted by Crippen LogP contribution is 2.22. The van der Waals surface area contributed by atoms with E-state index in [0.717, 1.165) is 11.3 Å². The van der Waals surface area contributed by atoms with Crippen molar-refractivity contribution in [1.29, 1.82) is 0 Å². The number of anilines is 1. The number of nitrogens with zero attached hydrogens (tertiary/aromatic N) is 1. The molecule has 2 amide bonds. The van der Waals surface area contributed by atoms with E-state index >= 15 is 0 Å². The summed E-state index contributed by atoms with van der Waals surface area (Å²) in [6.07, 6.45) is 1.15. The molecule has 0 aliphatic carbocycles. The van der Waals surface area contributed by atoms with Gasteiger partial charge in [0, 0.05) is 0 Å². The van der Waals surface area contributed by atoms with Gasteiger partial charge in [0.1, 0.15) is 17.9 Å². The first-order valence-corrected chi connectivity index (χ1v) is 8.95. The molecule has 0 radical (unpaired) electrons. The molecule has 7 heteroatoms. The number of ether oxygens (including phenoxy) is 2. The second-order valence-electron chi connectivity index (χ2n) is 6.49. The first-order chi connectivity index (χ1) is 13.5. The molecule has 2 aromatic rings. The number of hydrazone groups is 1. The Bertz CT molecular complexity index is 817. The van der Waals surface area contributed by atoms with Crippen molar-refractivity contribution in [3.63, 3.8) is 0 Å². The number of para-hydroxylation sites is 2. The van der Waals surface area contributed by atoms with Gasteiger partial charge in [0.2, 0.25) is 11.8 Å². The first kappa shape index (κ1) is 21.0. The van der Waals surface area contributed by atoms with Crippen molar-refractivity contribution in [3.05, 3.63) is 54.1 Å². The molecule has 0 spiro atoms. The van der Waals surface area contributed by atoms with E-state index in [4.69, 9.17) is 9.47 Å². The predicted octanol–water partition coefficient (Wildman–Crippen LogP) is 3.21. The van der Waals surface area contributed by atoms with Gasteiger partial charge in [-0.2, -0.15) is 5.10 Å². The molecule has 2 rings (SSSR count). The molecule has 28 heavy (non-hydrogen) atoms. The quantitative estimate of drug-likeness (QED) is 0.395. The molecule has 0 fully saturated rings. The van der Waals surface area contributed by atoms with Gasteiger partial charge in [0.05, 0.1) is 25.6 Å². The Morgan fingerprint density at radius 1 is 1.07 bits per heavy atom. The Labute approximate surface area is 164 Å². The Morgan fingerprint density at radius 2 is 1.79 bits per heavy atom. The number of rotatable bonds is 9. The maximum absolute atomic E-state index is 12.0. The normalized spacial score (nSPS) is 10.7. The summed E-state index contributed by atoms with van der Waals surface area (Å²) in [4.78, 5) is 23.8. The molecule has 0 heterocycles. The summed E-state index contributed by atoms with van der Waals surface area (Å²) in [5.41, 5.74) is 3.65. The highest BCUT2D eigenvalue weighted by molar-refractivity contribution is 6.04. The average Bonchev–Trinajstić information content (AvgIpc) is 2.67. The first-order valence-electron chi connectivity index (χ1n) is 8.95. The number of benzene rings is 2. The molecule has 2 aromatic carbocycles. The number of nitrogens with one attached hydrogen (secondary N) is 2. The zero-order chi connectivity index (χ0) is 20.4. The lowest BCUT2D eigenvalue weighted by atomic mass is 10.2. The fourth-order valence-electron chi connectivity index (χ4n) is 2.22. The van der Waals surface area contributed by atoms with Gasteiger partial charge in [-0.3, -0.25) is 9.59 Å². The predicted molar refractivity (Wildman–Crippen MR) is 109 cm³/mol. The minimum atomic E-state index is -0.513. The van der Waals surface area contributed by atoms with Crippen molar-refractivity contribution in [1.82, 2.24) is 5.43 Å². The lowest BCUT2D eigenvalue weighted by molar-refractivity contribution is -0.126. The van der Waals surface area contributed by atoms with Gasteiger partial charge in [-0.25, -0.2) is 5.43 Å². The van der Waals surface area contributed by atoms with Crippen LogP contribution in [0.4, 0.5) is 5.69 Å². The van der Waals surface area contributed by atoms with Crippen molar-refractivity contribution in [2.75, 3.05) is 19.0 Å². The van der Waals surface area contributed by atoms with Gasteiger partial charge in [-0.15, -0.1) is 0 Å².